The molecule has 0 amide bonds. The first-order valence-corrected chi connectivity index (χ1v) is 5.39. The molecule has 0 N–H and O–H groups in total. The first-order chi connectivity index (χ1) is 6.84. The topological polar surface area (TPSA) is 9.23 Å². The van der Waals surface area contributed by atoms with Crippen LogP contribution in [0.15, 0.2) is 24.3 Å². The van der Waals surface area contributed by atoms with E-state index in [1.54, 1.807) is 0 Å². The molecular weight excluding hydrogens is 196 g/mol. The summed E-state index contributed by atoms with van der Waals surface area (Å²) < 4.78 is 5.53. The Morgan fingerprint density at radius 3 is 2.64 bits per heavy atom. The van der Waals surface area contributed by atoms with Gasteiger partial charge in [-0.3, -0.25) is 0 Å². The van der Waals surface area contributed by atoms with Crippen LogP contribution in [0.4, 0.5) is 0 Å². The van der Waals surface area contributed by atoms with E-state index in [9.17, 15) is 0 Å². The number of hydrogen-bond donors (Lipinski definition) is 0. The molecule has 1 aromatic rings. The number of ether oxygens (including phenoxy) is 1. The van der Waals surface area contributed by atoms with Gasteiger partial charge in [0.2, 0.25) is 0 Å². The van der Waals surface area contributed by atoms with Gasteiger partial charge in [-0.05, 0) is 18.6 Å². The summed E-state index contributed by atoms with van der Waals surface area (Å²) in [5.74, 6) is 0.781. The molecular formula is C12H16ClO. The van der Waals surface area contributed by atoms with E-state index in [0.29, 0.717) is 5.02 Å². The van der Waals surface area contributed by atoms with Crippen molar-refractivity contribution >= 4 is 11.6 Å². The molecule has 0 aliphatic carbocycles. The SMILES string of the molecule is [CH2]CCCCCOc1ccccc1Cl. The number of benzene rings is 1. The van der Waals surface area contributed by atoms with Crippen LogP contribution < -0.4 is 4.74 Å². The average Bonchev–Trinajstić information content (AvgIpc) is 2.20. The number of hydrogen-bond acceptors (Lipinski definition) is 1. The van der Waals surface area contributed by atoms with Gasteiger partial charge in [-0.1, -0.05) is 49.9 Å². The van der Waals surface area contributed by atoms with Gasteiger partial charge in [-0.15, -0.1) is 0 Å². The van der Waals surface area contributed by atoms with Gasteiger partial charge in [0.15, 0.2) is 0 Å². The van der Waals surface area contributed by atoms with Gasteiger partial charge in [0, 0.05) is 0 Å². The van der Waals surface area contributed by atoms with Crippen molar-refractivity contribution in [3.05, 3.63) is 36.2 Å². The first kappa shape index (κ1) is 11.4. The zero-order valence-electron chi connectivity index (χ0n) is 8.34. The molecule has 0 saturated heterocycles. The van der Waals surface area contributed by atoms with Crippen LogP contribution in [0.1, 0.15) is 25.7 Å². The number of unbranched alkanes of at least 4 members (excludes halogenated alkanes) is 3. The van der Waals surface area contributed by atoms with E-state index in [0.717, 1.165) is 25.2 Å². The highest BCUT2D eigenvalue weighted by molar-refractivity contribution is 6.32. The largest absolute Gasteiger partial charge is 0.492 e. The molecule has 0 heterocycles. The van der Waals surface area contributed by atoms with Crippen LogP contribution in [0.25, 0.3) is 0 Å². The maximum atomic E-state index is 5.93. The molecule has 1 aromatic carbocycles. The summed E-state index contributed by atoms with van der Waals surface area (Å²) in [6.45, 7) is 4.53. The van der Waals surface area contributed by atoms with Crippen molar-refractivity contribution in [1.82, 2.24) is 0 Å². The molecule has 14 heavy (non-hydrogen) atoms. The fraction of sp³-hybridized carbons (Fsp3) is 0.417. The average molecular weight is 212 g/mol. The Kier molecular flexibility index (Phi) is 5.46. The second kappa shape index (κ2) is 6.72. The van der Waals surface area contributed by atoms with E-state index in [1.165, 1.54) is 12.8 Å². The van der Waals surface area contributed by atoms with Crippen molar-refractivity contribution in [1.29, 1.82) is 0 Å². The highest BCUT2D eigenvalue weighted by atomic mass is 35.5. The summed E-state index contributed by atoms with van der Waals surface area (Å²) in [5.41, 5.74) is 0. The summed E-state index contributed by atoms with van der Waals surface area (Å²) in [4.78, 5) is 0. The maximum absolute atomic E-state index is 5.93. The second-order valence-corrected chi connectivity index (χ2v) is 3.60. The molecule has 2 heteroatoms. The number of para-hydroxylation sites is 1. The molecule has 0 fully saturated rings. The molecule has 0 atom stereocenters. The number of rotatable bonds is 6. The molecule has 0 saturated carbocycles. The van der Waals surface area contributed by atoms with Gasteiger partial charge in [0.05, 0.1) is 11.6 Å². The van der Waals surface area contributed by atoms with E-state index in [4.69, 9.17) is 16.3 Å². The Labute approximate surface area is 91.0 Å². The lowest BCUT2D eigenvalue weighted by Gasteiger charge is -2.06. The van der Waals surface area contributed by atoms with Gasteiger partial charge < -0.3 is 4.74 Å². The predicted octanol–water partition coefficient (Wildman–Crippen LogP) is 4.11. The van der Waals surface area contributed by atoms with Crippen molar-refractivity contribution in [3.8, 4) is 5.75 Å². The second-order valence-electron chi connectivity index (χ2n) is 3.19. The third kappa shape index (κ3) is 4.01. The van der Waals surface area contributed by atoms with Gasteiger partial charge in [0.25, 0.3) is 0 Å². The lowest BCUT2D eigenvalue weighted by atomic mass is 10.2. The summed E-state index contributed by atoms with van der Waals surface area (Å²) in [5, 5.41) is 0.685. The fourth-order valence-corrected chi connectivity index (χ4v) is 1.39. The summed E-state index contributed by atoms with van der Waals surface area (Å²) in [6.07, 6.45) is 4.42. The van der Waals surface area contributed by atoms with Crippen LogP contribution in [0.3, 0.4) is 0 Å². The minimum absolute atomic E-state index is 0.685. The third-order valence-electron chi connectivity index (χ3n) is 1.99. The Morgan fingerprint density at radius 2 is 1.93 bits per heavy atom. The quantitative estimate of drug-likeness (QED) is 0.644. The summed E-state index contributed by atoms with van der Waals surface area (Å²) >= 11 is 5.93. The van der Waals surface area contributed by atoms with Gasteiger partial charge in [-0.2, -0.15) is 0 Å². The predicted molar refractivity (Wildman–Crippen MR) is 60.8 cm³/mol. The van der Waals surface area contributed by atoms with Crippen LogP contribution in [-0.2, 0) is 0 Å². The highest BCUT2D eigenvalue weighted by Crippen LogP contribution is 2.23. The lowest BCUT2D eigenvalue weighted by Crippen LogP contribution is -1.97. The van der Waals surface area contributed by atoms with Crippen LogP contribution in [-0.4, -0.2) is 6.61 Å². The minimum atomic E-state index is 0.685. The first-order valence-electron chi connectivity index (χ1n) is 5.01. The zero-order chi connectivity index (χ0) is 10.2. The smallest absolute Gasteiger partial charge is 0.137 e. The van der Waals surface area contributed by atoms with E-state index in [1.807, 2.05) is 24.3 Å². The summed E-state index contributed by atoms with van der Waals surface area (Å²) in [7, 11) is 0. The monoisotopic (exact) mass is 211 g/mol. The third-order valence-corrected chi connectivity index (χ3v) is 2.30. The standard InChI is InChI=1S/C12H16ClO/c1-2-3-4-7-10-14-12-9-6-5-8-11(12)13/h5-6,8-9H,1-4,7,10H2. The van der Waals surface area contributed by atoms with E-state index in [2.05, 4.69) is 6.92 Å². The van der Waals surface area contributed by atoms with Gasteiger partial charge in [-0.25, -0.2) is 0 Å². The molecule has 0 aliphatic heterocycles. The Bertz CT molecular complexity index is 260. The highest BCUT2D eigenvalue weighted by Gasteiger charge is 1.98. The minimum Gasteiger partial charge on any atom is -0.492 e. The molecule has 0 bridgehead atoms. The zero-order valence-corrected chi connectivity index (χ0v) is 9.09. The van der Waals surface area contributed by atoms with Crippen LogP contribution in [0, 0.1) is 6.92 Å². The van der Waals surface area contributed by atoms with Crippen molar-refractivity contribution in [3.63, 3.8) is 0 Å². The van der Waals surface area contributed by atoms with Gasteiger partial charge >= 0.3 is 0 Å². The molecule has 0 unspecified atom stereocenters. The van der Waals surface area contributed by atoms with Crippen molar-refractivity contribution < 1.29 is 4.74 Å². The Balaban J connectivity index is 2.21. The van der Waals surface area contributed by atoms with Crippen LogP contribution in [0.2, 0.25) is 5.02 Å². The van der Waals surface area contributed by atoms with Crippen molar-refractivity contribution in [2.45, 2.75) is 25.7 Å². The molecule has 0 aliphatic rings. The van der Waals surface area contributed by atoms with E-state index < -0.39 is 0 Å². The molecule has 1 nitrogen and oxygen atoms in total. The number of halogens is 1. The van der Waals surface area contributed by atoms with Crippen LogP contribution in [0.5, 0.6) is 5.75 Å². The summed E-state index contributed by atoms with van der Waals surface area (Å²) in [6, 6.07) is 7.56. The van der Waals surface area contributed by atoms with Crippen molar-refractivity contribution in [2.24, 2.45) is 0 Å². The Morgan fingerprint density at radius 1 is 1.14 bits per heavy atom. The normalized spacial score (nSPS) is 10.1. The molecule has 0 spiro atoms. The fourth-order valence-electron chi connectivity index (χ4n) is 1.20. The lowest BCUT2D eigenvalue weighted by molar-refractivity contribution is 0.305. The molecule has 0 aromatic heterocycles. The van der Waals surface area contributed by atoms with Crippen molar-refractivity contribution in [2.75, 3.05) is 6.61 Å². The van der Waals surface area contributed by atoms with E-state index in [-0.39, 0.29) is 0 Å². The van der Waals surface area contributed by atoms with Crippen LogP contribution >= 0.6 is 11.6 Å². The van der Waals surface area contributed by atoms with Gasteiger partial charge in [0.1, 0.15) is 5.75 Å². The molecule has 1 radical (unpaired) electrons. The van der Waals surface area contributed by atoms with E-state index >= 15 is 0 Å². The Hall–Kier alpha value is -0.690. The molecule has 77 valence electrons. The molecule has 1 rings (SSSR count). The maximum Gasteiger partial charge on any atom is 0.137 e.